The van der Waals surface area contributed by atoms with Gasteiger partial charge in [0.1, 0.15) is 11.5 Å². The first kappa shape index (κ1) is 19.2. The van der Waals surface area contributed by atoms with E-state index < -0.39 is 11.8 Å². The van der Waals surface area contributed by atoms with Crippen molar-refractivity contribution >= 4 is 22.6 Å². The third-order valence-corrected chi connectivity index (χ3v) is 4.14. The molecule has 3 aromatic carbocycles. The lowest BCUT2D eigenvalue weighted by molar-refractivity contribution is -0.131. The van der Waals surface area contributed by atoms with Crippen LogP contribution in [0.25, 0.3) is 10.8 Å². The predicted octanol–water partition coefficient (Wildman–Crippen LogP) is 3.01. The second-order valence-electron chi connectivity index (χ2n) is 6.14. The number of para-hydroxylation sites is 1. The van der Waals surface area contributed by atoms with Crippen molar-refractivity contribution in [2.75, 3.05) is 13.2 Å². The Bertz CT molecular complexity index is 971. The number of hydrogen-bond donors (Lipinski definition) is 2. The maximum Gasteiger partial charge on any atom is 0.276 e. The van der Waals surface area contributed by atoms with E-state index in [0.29, 0.717) is 11.5 Å². The van der Waals surface area contributed by atoms with Crippen molar-refractivity contribution in [1.82, 2.24) is 10.9 Å². The highest BCUT2D eigenvalue weighted by molar-refractivity contribution is 5.85. The van der Waals surface area contributed by atoms with Crippen LogP contribution in [0.15, 0.2) is 66.7 Å². The molecule has 0 saturated carbocycles. The summed E-state index contributed by atoms with van der Waals surface area (Å²) in [6, 6.07) is 21.0. The van der Waals surface area contributed by atoms with Crippen LogP contribution < -0.4 is 20.3 Å². The smallest absolute Gasteiger partial charge is 0.276 e. The maximum absolute atomic E-state index is 11.9. The normalized spacial score (nSPS) is 10.3. The minimum Gasteiger partial charge on any atom is -0.484 e. The van der Waals surface area contributed by atoms with E-state index in [0.717, 1.165) is 22.8 Å². The van der Waals surface area contributed by atoms with E-state index in [-0.39, 0.29) is 13.2 Å². The van der Waals surface area contributed by atoms with Crippen molar-refractivity contribution in [3.63, 3.8) is 0 Å². The number of hydrogen-bond acceptors (Lipinski definition) is 4. The number of amides is 2. The van der Waals surface area contributed by atoms with Crippen LogP contribution in [0.1, 0.15) is 12.5 Å². The van der Waals surface area contributed by atoms with Crippen LogP contribution in [0.4, 0.5) is 0 Å². The molecule has 6 heteroatoms. The minimum absolute atomic E-state index is 0.192. The van der Waals surface area contributed by atoms with Crippen molar-refractivity contribution in [1.29, 1.82) is 0 Å². The van der Waals surface area contributed by atoms with Crippen LogP contribution in [-0.4, -0.2) is 25.0 Å². The summed E-state index contributed by atoms with van der Waals surface area (Å²) in [6.45, 7) is 1.61. The Morgan fingerprint density at radius 2 is 1.43 bits per heavy atom. The van der Waals surface area contributed by atoms with Crippen LogP contribution in [-0.2, 0) is 16.0 Å². The molecule has 2 N–H and O–H groups in total. The second kappa shape index (κ2) is 9.41. The molecule has 0 heterocycles. The molecular formula is C22H22N2O4. The second-order valence-corrected chi connectivity index (χ2v) is 6.14. The number of nitrogens with one attached hydrogen (secondary N) is 2. The van der Waals surface area contributed by atoms with Gasteiger partial charge in [-0.3, -0.25) is 20.4 Å². The topological polar surface area (TPSA) is 76.7 Å². The Morgan fingerprint density at radius 1 is 0.786 bits per heavy atom. The molecule has 144 valence electrons. The third-order valence-electron chi connectivity index (χ3n) is 4.14. The highest BCUT2D eigenvalue weighted by atomic mass is 16.5. The first-order valence-corrected chi connectivity index (χ1v) is 9.05. The highest BCUT2D eigenvalue weighted by Crippen LogP contribution is 2.20. The van der Waals surface area contributed by atoms with E-state index in [1.165, 1.54) is 0 Å². The minimum atomic E-state index is -0.463. The van der Waals surface area contributed by atoms with Gasteiger partial charge in [-0.25, -0.2) is 0 Å². The van der Waals surface area contributed by atoms with Gasteiger partial charge < -0.3 is 9.47 Å². The Hall–Kier alpha value is -3.54. The Labute approximate surface area is 163 Å². The van der Waals surface area contributed by atoms with Crippen LogP contribution in [0, 0.1) is 0 Å². The number of rotatable bonds is 7. The van der Waals surface area contributed by atoms with Crippen LogP contribution >= 0.6 is 0 Å². The summed E-state index contributed by atoms with van der Waals surface area (Å²) in [4.78, 5) is 23.7. The van der Waals surface area contributed by atoms with Gasteiger partial charge in [0.2, 0.25) is 0 Å². The molecular weight excluding hydrogens is 356 g/mol. The molecule has 3 aromatic rings. The highest BCUT2D eigenvalue weighted by Gasteiger charge is 2.08. The maximum atomic E-state index is 11.9. The monoisotopic (exact) mass is 378 g/mol. The molecule has 6 nitrogen and oxygen atoms in total. The largest absolute Gasteiger partial charge is 0.484 e. The number of fused-ring (bicyclic) bond motifs is 1. The summed E-state index contributed by atoms with van der Waals surface area (Å²) < 4.78 is 11.0. The van der Waals surface area contributed by atoms with E-state index in [9.17, 15) is 9.59 Å². The zero-order chi connectivity index (χ0) is 19.8. The van der Waals surface area contributed by atoms with Crippen molar-refractivity contribution in [2.45, 2.75) is 13.3 Å². The lowest BCUT2D eigenvalue weighted by Gasteiger charge is -2.11. The molecule has 28 heavy (non-hydrogen) atoms. The number of aryl methyl sites for hydroxylation is 1. The molecule has 0 aromatic heterocycles. The zero-order valence-corrected chi connectivity index (χ0v) is 15.6. The molecule has 0 fully saturated rings. The molecule has 0 aliphatic rings. The van der Waals surface area contributed by atoms with E-state index in [4.69, 9.17) is 9.47 Å². The summed E-state index contributed by atoms with van der Waals surface area (Å²) >= 11 is 0. The average molecular weight is 378 g/mol. The van der Waals surface area contributed by atoms with E-state index in [1.807, 2.05) is 67.6 Å². The third kappa shape index (κ3) is 5.23. The van der Waals surface area contributed by atoms with Gasteiger partial charge in [-0.2, -0.15) is 0 Å². The average Bonchev–Trinajstić information content (AvgIpc) is 2.74. The van der Waals surface area contributed by atoms with Gasteiger partial charge >= 0.3 is 0 Å². The zero-order valence-electron chi connectivity index (χ0n) is 15.6. The van der Waals surface area contributed by atoms with Crippen LogP contribution in [0.3, 0.4) is 0 Å². The summed E-state index contributed by atoms with van der Waals surface area (Å²) in [7, 11) is 0. The molecule has 0 saturated heterocycles. The SMILES string of the molecule is CCc1ccccc1OCC(=O)NNC(=O)COc1ccc2ccccc2c1. The molecule has 2 amide bonds. The summed E-state index contributed by atoms with van der Waals surface area (Å²) in [5, 5.41) is 2.12. The van der Waals surface area contributed by atoms with E-state index in [2.05, 4.69) is 10.9 Å². The standard InChI is InChI=1S/C22H22N2O4/c1-2-16-7-5-6-10-20(16)28-15-22(26)24-23-21(25)14-27-19-12-11-17-8-3-4-9-18(17)13-19/h3-13H,2,14-15H2,1H3,(H,23,25)(H,24,26). The number of carbonyl (C=O) groups excluding carboxylic acids is 2. The molecule has 0 spiro atoms. The lowest BCUT2D eigenvalue weighted by atomic mass is 10.1. The number of carbonyl (C=O) groups is 2. The van der Waals surface area contributed by atoms with Crippen molar-refractivity contribution in [2.24, 2.45) is 0 Å². The summed E-state index contributed by atoms with van der Waals surface area (Å²) in [5.74, 6) is 0.325. The first-order chi connectivity index (χ1) is 13.7. The van der Waals surface area contributed by atoms with Gasteiger partial charge in [0.05, 0.1) is 0 Å². The predicted molar refractivity (Wildman–Crippen MR) is 107 cm³/mol. The summed E-state index contributed by atoms with van der Waals surface area (Å²) in [6.07, 6.45) is 0.806. The molecule has 3 rings (SSSR count). The van der Waals surface area contributed by atoms with Gasteiger partial charge in [0.25, 0.3) is 11.8 Å². The lowest BCUT2D eigenvalue weighted by Crippen LogP contribution is -2.45. The Balaban J connectivity index is 1.41. The fourth-order valence-electron chi connectivity index (χ4n) is 2.70. The van der Waals surface area contributed by atoms with Crippen molar-refractivity contribution < 1.29 is 19.1 Å². The molecule has 0 bridgehead atoms. The molecule has 0 unspecified atom stereocenters. The fourth-order valence-corrected chi connectivity index (χ4v) is 2.70. The molecule has 0 radical (unpaired) electrons. The fraction of sp³-hybridized carbons (Fsp3) is 0.182. The van der Waals surface area contributed by atoms with Crippen LogP contribution in [0.5, 0.6) is 11.5 Å². The summed E-state index contributed by atoms with van der Waals surface area (Å²) in [5.41, 5.74) is 5.64. The Morgan fingerprint density at radius 3 is 2.18 bits per heavy atom. The number of ether oxygens (including phenoxy) is 2. The van der Waals surface area contributed by atoms with E-state index >= 15 is 0 Å². The van der Waals surface area contributed by atoms with Crippen molar-refractivity contribution in [3.05, 3.63) is 72.3 Å². The van der Waals surface area contributed by atoms with Gasteiger partial charge in [0.15, 0.2) is 13.2 Å². The number of hydrazine groups is 1. The van der Waals surface area contributed by atoms with Crippen LogP contribution in [0.2, 0.25) is 0 Å². The van der Waals surface area contributed by atoms with Gasteiger partial charge in [-0.15, -0.1) is 0 Å². The van der Waals surface area contributed by atoms with Gasteiger partial charge in [0, 0.05) is 0 Å². The van der Waals surface area contributed by atoms with Gasteiger partial charge in [-0.1, -0.05) is 55.5 Å². The quantitative estimate of drug-likeness (QED) is 0.620. The molecule has 0 aliphatic carbocycles. The van der Waals surface area contributed by atoms with Crippen molar-refractivity contribution in [3.8, 4) is 11.5 Å². The molecule has 0 atom stereocenters. The van der Waals surface area contributed by atoms with E-state index in [1.54, 1.807) is 6.07 Å². The van der Waals surface area contributed by atoms with Gasteiger partial charge in [-0.05, 0) is 41.0 Å². The Kier molecular flexibility index (Phi) is 6.46. The molecule has 0 aliphatic heterocycles. The first-order valence-electron chi connectivity index (χ1n) is 9.05. The number of benzene rings is 3.